The third kappa shape index (κ3) is 4.42. The van der Waals surface area contributed by atoms with E-state index in [4.69, 9.17) is 4.42 Å². The number of nitrogens with one attached hydrogen (secondary N) is 1. The molecule has 4 nitrogen and oxygen atoms in total. The van der Waals surface area contributed by atoms with E-state index in [1.807, 2.05) is 49.4 Å². The van der Waals surface area contributed by atoms with Crippen molar-refractivity contribution >= 4 is 28.8 Å². The molecule has 0 unspecified atom stereocenters. The maximum atomic E-state index is 12.4. The minimum Gasteiger partial charge on any atom is -0.431 e. The normalized spacial score (nSPS) is 13.5. The van der Waals surface area contributed by atoms with Gasteiger partial charge in [-0.25, -0.2) is 4.98 Å². The topological polar surface area (TPSA) is 55.1 Å². The molecular weight excluding hydrogens is 332 g/mol. The summed E-state index contributed by atoms with van der Waals surface area (Å²) < 4.78 is 5.68. The number of amides is 1. The molecule has 1 heterocycles. The van der Waals surface area contributed by atoms with Crippen molar-refractivity contribution in [3.05, 3.63) is 60.2 Å². The Kier molecular flexibility index (Phi) is 5.76. The van der Waals surface area contributed by atoms with Gasteiger partial charge in [-0.15, -0.1) is 0 Å². The lowest BCUT2D eigenvalue weighted by Crippen LogP contribution is -2.34. The number of thioether (sulfide) groups is 1. The zero-order valence-electron chi connectivity index (χ0n) is 14.4. The molecule has 1 N–H and O–H groups in total. The van der Waals surface area contributed by atoms with Crippen molar-refractivity contribution in [2.24, 2.45) is 0 Å². The Labute approximate surface area is 152 Å². The average molecular weight is 354 g/mol. The van der Waals surface area contributed by atoms with Crippen LogP contribution < -0.4 is 5.32 Å². The van der Waals surface area contributed by atoms with E-state index >= 15 is 0 Å². The van der Waals surface area contributed by atoms with Crippen molar-refractivity contribution in [3.63, 3.8) is 0 Å². The average Bonchev–Trinajstić information content (AvgIpc) is 3.05. The second-order valence-corrected chi connectivity index (χ2v) is 7.26. The van der Waals surface area contributed by atoms with Gasteiger partial charge in [0.05, 0.1) is 5.25 Å². The molecule has 0 fully saturated rings. The van der Waals surface area contributed by atoms with Crippen LogP contribution in [-0.2, 0) is 4.79 Å². The molecule has 0 bridgehead atoms. The van der Waals surface area contributed by atoms with Gasteiger partial charge >= 0.3 is 0 Å². The summed E-state index contributed by atoms with van der Waals surface area (Å²) in [6.45, 7) is 4.65. The number of nitrogens with zero attached hydrogens (tertiary/aromatic N) is 1. The van der Waals surface area contributed by atoms with Crippen LogP contribution in [0.25, 0.3) is 11.1 Å². The lowest BCUT2D eigenvalue weighted by molar-refractivity contribution is -0.120. The van der Waals surface area contributed by atoms with Gasteiger partial charge in [-0.1, -0.05) is 61.2 Å². The van der Waals surface area contributed by atoms with Crippen LogP contribution in [0.2, 0.25) is 0 Å². The predicted octanol–water partition coefficient (Wildman–Crippen LogP) is 4.62. The van der Waals surface area contributed by atoms with Gasteiger partial charge in [-0.3, -0.25) is 4.79 Å². The van der Waals surface area contributed by atoms with Crippen LogP contribution in [0, 0.1) is 0 Å². The molecule has 2 aromatic carbocycles. The summed E-state index contributed by atoms with van der Waals surface area (Å²) in [4.78, 5) is 16.8. The van der Waals surface area contributed by atoms with Crippen LogP contribution in [0.15, 0.2) is 64.2 Å². The van der Waals surface area contributed by atoms with Crippen molar-refractivity contribution in [3.8, 4) is 0 Å². The Bertz CT molecular complexity index is 799. The fraction of sp³-hybridized carbons (Fsp3) is 0.300. The highest BCUT2D eigenvalue weighted by atomic mass is 32.2. The molecule has 3 aromatic rings. The molecule has 0 spiro atoms. The van der Waals surface area contributed by atoms with Crippen LogP contribution >= 0.6 is 11.8 Å². The second kappa shape index (κ2) is 8.21. The Morgan fingerprint density at radius 3 is 2.60 bits per heavy atom. The summed E-state index contributed by atoms with van der Waals surface area (Å²) in [7, 11) is 0. The summed E-state index contributed by atoms with van der Waals surface area (Å²) in [5.74, 6) is 0.327. The number of carbonyl (C=O) groups is 1. The summed E-state index contributed by atoms with van der Waals surface area (Å²) in [5, 5.41) is 3.32. The molecule has 5 heteroatoms. The van der Waals surface area contributed by atoms with Gasteiger partial charge in [0.15, 0.2) is 5.58 Å². The number of para-hydroxylation sites is 2. The predicted molar refractivity (Wildman–Crippen MR) is 102 cm³/mol. The first kappa shape index (κ1) is 17.5. The van der Waals surface area contributed by atoms with E-state index in [0.717, 1.165) is 17.5 Å². The number of carbonyl (C=O) groups excluding carboxylic acids is 1. The van der Waals surface area contributed by atoms with Gasteiger partial charge in [0.1, 0.15) is 5.52 Å². The lowest BCUT2D eigenvalue weighted by atomic mass is 9.96. The third-order valence-corrected chi connectivity index (χ3v) is 5.15. The van der Waals surface area contributed by atoms with E-state index in [9.17, 15) is 4.79 Å². The SMILES string of the molecule is CC[C@@H](CNC(=O)[C@@H](C)Sc1nc2ccccc2o1)c1ccccc1. The summed E-state index contributed by atoms with van der Waals surface area (Å²) >= 11 is 1.34. The van der Waals surface area contributed by atoms with Gasteiger partial charge in [-0.2, -0.15) is 0 Å². The number of hydrogen-bond donors (Lipinski definition) is 1. The number of hydrogen-bond acceptors (Lipinski definition) is 4. The minimum absolute atomic E-state index is 0.00152. The molecule has 1 amide bonds. The quantitative estimate of drug-likeness (QED) is 0.629. The van der Waals surface area contributed by atoms with E-state index in [1.165, 1.54) is 17.3 Å². The van der Waals surface area contributed by atoms with E-state index in [-0.39, 0.29) is 11.2 Å². The van der Waals surface area contributed by atoms with Crippen molar-refractivity contribution in [1.29, 1.82) is 0 Å². The van der Waals surface area contributed by atoms with Gasteiger partial charge in [0.25, 0.3) is 5.22 Å². The van der Waals surface area contributed by atoms with Gasteiger partial charge < -0.3 is 9.73 Å². The monoisotopic (exact) mass is 354 g/mol. The molecule has 0 aliphatic rings. The van der Waals surface area contributed by atoms with Gasteiger partial charge in [0.2, 0.25) is 5.91 Å². The molecular formula is C20H22N2O2S. The first-order chi connectivity index (χ1) is 12.2. The van der Waals surface area contributed by atoms with Crippen LogP contribution in [0.3, 0.4) is 0 Å². The lowest BCUT2D eigenvalue weighted by Gasteiger charge is -2.17. The van der Waals surface area contributed by atoms with E-state index in [2.05, 4.69) is 29.4 Å². The highest BCUT2D eigenvalue weighted by molar-refractivity contribution is 8.00. The van der Waals surface area contributed by atoms with Gasteiger partial charge in [0, 0.05) is 12.5 Å². The second-order valence-electron chi connectivity index (χ2n) is 5.97. The maximum absolute atomic E-state index is 12.4. The molecule has 1 aromatic heterocycles. The van der Waals surface area contributed by atoms with E-state index in [1.54, 1.807) is 0 Å². The van der Waals surface area contributed by atoms with Crippen LogP contribution in [0.1, 0.15) is 31.7 Å². The van der Waals surface area contributed by atoms with E-state index in [0.29, 0.717) is 17.7 Å². The summed E-state index contributed by atoms with van der Waals surface area (Å²) in [5.41, 5.74) is 2.81. The highest BCUT2D eigenvalue weighted by Gasteiger charge is 2.19. The van der Waals surface area contributed by atoms with Crippen LogP contribution in [0.5, 0.6) is 0 Å². The molecule has 130 valence electrons. The minimum atomic E-state index is -0.263. The summed E-state index contributed by atoms with van der Waals surface area (Å²) in [6.07, 6.45) is 0.983. The first-order valence-corrected chi connectivity index (χ1v) is 9.40. The fourth-order valence-electron chi connectivity index (χ4n) is 2.70. The zero-order chi connectivity index (χ0) is 17.6. The fourth-order valence-corrected chi connectivity index (χ4v) is 3.48. The number of oxazole rings is 1. The molecule has 0 aliphatic heterocycles. The smallest absolute Gasteiger partial charge is 0.257 e. The number of aromatic nitrogens is 1. The van der Waals surface area contributed by atoms with Gasteiger partial charge in [-0.05, 0) is 31.0 Å². The highest BCUT2D eigenvalue weighted by Crippen LogP contribution is 2.27. The number of rotatable bonds is 7. The molecule has 0 saturated carbocycles. The van der Waals surface area contributed by atoms with Crippen molar-refractivity contribution < 1.29 is 9.21 Å². The first-order valence-electron chi connectivity index (χ1n) is 8.52. The third-order valence-electron chi connectivity index (χ3n) is 4.21. The molecule has 3 rings (SSSR count). The van der Waals surface area contributed by atoms with Crippen molar-refractivity contribution in [1.82, 2.24) is 10.3 Å². The molecule has 25 heavy (non-hydrogen) atoms. The van der Waals surface area contributed by atoms with Crippen LogP contribution in [-0.4, -0.2) is 22.7 Å². The Morgan fingerprint density at radius 2 is 1.88 bits per heavy atom. The Hall–Kier alpha value is -2.27. The molecule has 0 radical (unpaired) electrons. The maximum Gasteiger partial charge on any atom is 0.257 e. The molecule has 0 aliphatic carbocycles. The number of fused-ring (bicyclic) bond motifs is 1. The Morgan fingerprint density at radius 1 is 1.16 bits per heavy atom. The van der Waals surface area contributed by atoms with Crippen molar-refractivity contribution in [2.45, 2.75) is 36.7 Å². The standard InChI is InChI=1S/C20H22N2O2S/c1-3-15(16-9-5-4-6-10-16)13-21-19(23)14(2)25-20-22-17-11-7-8-12-18(17)24-20/h4-12,14-15H,3,13H2,1-2H3,(H,21,23)/t14-,15+/m1/s1. The number of benzene rings is 2. The van der Waals surface area contributed by atoms with E-state index < -0.39 is 0 Å². The molecule has 0 saturated heterocycles. The van der Waals surface area contributed by atoms with Crippen LogP contribution in [0.4, 0.5) is 0 Å². The van der Waals surface area contributed by atoms with Crippen molar-refractivity contribution in [2.75, 3.05) is 6.54 Å². The Balaban J connectivity index is 1.57. The zero-order valence-corrected chi connectivity index (χ0v) is 15.3. The largest absolute Gasteiger partial charge is 0.431 e. The summed E-state index contributed by atoms with van der Waals surface area (Å²) in [6, 6.07) is 17.9. The molecule has 2 atom stereocenters.